The van der Waals surface area contributed by atoms with Gasteiger partial charge in [-0.15, -0.1) is 0 Å². The molecule has 2 heteroatoms. The maximum absolute atomic E-state index is 6.43. The molecule has 3 aromatic rings. The Morgan fingerprint density at radius 1 is 0.812 bits per heavy atom. The Kier molecular flexibility index (Phi) is 2.38. The first-order valence-corrected chi connectivity index (χ1v) is 6.20. The van der Waals surface area contributed by atoms with Crippen LogP contribution >= 0.6 is 27.5 Å². The summed E-state index contributed by atoms with van der Waals surface area (Å²) < 4.78 is 1.08. The Bertz CT molecular complexity index is 689. The van der Waals surface area contributed by atoms with Crippen molar-refractivity contribution in [3.8, 4) is 0 Å². The van der Waals surface area contributed by atoms with Gasteiger partial charge in [0.1, 0.15) is 0 Å². The SMILES string of the molecule is Clc1c2ccccc2cc2c(Br)cccc12. The zero-order chi connectivity index (χ0) is 11.1. The van der Waals surface area contributed by atoms with Gasteiger partial charge in [-0.3, -0.25) is 0 Å². The van der Waals surface area contributed by atoms with Crippen LogP contribution in [0, 0.1) is 0 Å². The van der Waals surface area contributed by atoms with Gasteiger partial charge in [-0.1, -0.05) is 63.9 Å². The summed E-state index contributed by atoms with van der Waals surface area (Å²) in [7, 11) is 0. The highest BCUT2D eigenvalue weighted by Gasteiger charge is 2.06. The van der Waals surface area contributed by atoms with Crippen LogP contribution in [0.5, 0.6) is 0 Å². The first-order valence-electron chi connectivity index (χ1n) is 5.03. The van der Waals surface area contributed by atoms with Gasteiger partial charge in [0.2, 0.25) is 0 Å². The van der Waals surface area contributed by atoms with Gasteiger partial charge in [0.05, 0.1) is 5.02 Å². The fourth-order valence-electron chi connectivity index (χ4n) is 2.00. The van der Waals surface area contributed by atoms with Gasteiger partial charge in [0, 0.05) is 15.2 Å². The Balaban J connectivity index is 2.61. The maximum Gasteiger partial charge on any atom is 0.0563 e. The third-order valence-corrected chi connectivity index (χ3v) is 3.89. The molecule has 0 unspecified atom stereocenters. The van der Waals surface area contributed by atoms with Crippen LogP contribution < -0.4 is 0 Å². The Hall–Kier alpha value is -1.05. The van der Waals surface area contributed by atoms with Gasteiger partial charge in [0.15, 0.2) is 0 Å². The topological polar surface area (TPSA) is 0 Å². The van der Waals surface area contributed by atoms with Crippen molar-refractivity contribution in [2.45, 2.75) is 0 Å². The minimum absolute atomic E-state index is 0.828. The van der Waals surface area contributed by atoms with Crippen LogP contribution in [0.25, 0.3) is 21.5 Å². The molecule has 0 bridgehead atoms. The average Bonchev–Trinajstić information content (AvgIpc) is 2.31. The highest BCUT2D eigenvalue weighted by molar-refractivity contribution is 9.10. The van der Waals surface area contributed by atoms with E-state index >= 15 is 0 Å². The molecule has 3 rings (SSSR count). The molecule has 78 valence electrons. The van der Waals surface area contributed by atoms with Crippen molar-refractivity contribution in [2.24, 2.45) is 0 Å². The number of benzene rings is 3. The van der Waals surface area contributed by atoms with Gasteiger partial charge in [-0.05, 0) is 22.9 Å². The molecule has 0 aliphatic heterocycles. The molecule has 0 aromatic heterocycles. The van der Waals surface area contributed by atoms with E-state index in [1.54, 1.807) is 0 Å². The number of fused-ring (bicyclic) bond motifs is 2. The zero-order valence-corrected chi connectivity index (χ0v) is 10.7. The molecule has 0 nitrogen and oxygen atoms in total. The van der Waals surface area contributed by atoms with Crippen LogP contribution in [-0.2, 0) is 0 Å². The van der Waals surface area contributed by atoms with E-state index < -0.39 is 0 Å². The fraction of sp³-hybridized carbons (Fsp3) is 0. The normalized spacial score (nSPS) is 11.1. The second-order valence-electron chi connectivity index (χ2n) is 3.75. The lowest BCUT2D eigenvalue weighted by Gasteiger charge is -2.07. The summed E-state index contributed by atoms with van der Waals surface area (Å²) in [5.74, 6) is 0. The van der Waals surface area contributed by atoms with Crippen molar-refractivity contribution >= 4 is 49.1 Å². The summed E-state index contributed by atoms with van der Waals surface area (Å²) in [6.45, 7) is 0. The van der Waals surface area contributed by atoms with Crippen LogP contribution in [0.1, 0.15) is 0 Å². The minimum Gasteiger partial charge on any atom is -0.0830 e. The van der Waals surface area contributed by atoms with Crippen LogP contribution in [0.4, 0.5) is 0 Å². The summed E-state index contributed by atoms with van der Waals surface area (Å²) in [6, 6.07) is 16.4. The third kappa shape index (κ3) is 1.43. The van der Waals surface area contributed by atoms with E-state index in [1.807, 2.05) is 24.3 Å². The second kappa shape index (κ2) is 3.76. The van der Waals surface area contributed by atoms with Gasteiger partial charge < -0.3 is 0 Å². The molecule has 0 radical (unpaired) electrons. The first-order chi connectivity index (χ1) is 7.77. The second-order valence-corrected chi connectivity index (χ2v) is 4.98. The highest BCUT2D eigenvalue weighted by atomic mass is 79.9. The Labute approximate surface area is 107 Å². The fourth-order valence-corrected chi connectivity index (χ4v) is 2.82. The monoisotopic (exact) mass is 290 g/mol. The Morgan fingerprint density at radius 3 is 2.44 bits per heavy atom. The number of hydrogen-bond donors (Lipinski definition) is 0. The van der Waals surface area contributed by atoms with Crippen molar-refractivity contribution in [1.82, 2.24) is 0 Å². The molecule has 16 heavy (non-hydrogen) atoms. The van der Waals surface area contributed by atoms with Gasteiger partial charge in [-0.2, -0.15) is 0 Å². The molecule has 0 fully saturated rings. The summed E-state index contributed by atoms with van der Waals surface area (Å²) in [5.41, 5.74) is 0. The molecule has 0 aliphatic rings. The lowest BCUT2D eigenvalue weighted by molar-refractivity contribution is 1.73. The molecular formula is C14H8BrCl. The number of rotatable bonds is 0. The van der Waals surface area contributed by atoms with Crippen molar-refractivity contribution in [3.05, 3.63) is 58.0 Å². The summed E-state index contributed by atoms with van der Waals surface area (Å²) >= 11 is 9.98. The quantitative estimate of drug-likeness (QED) is 0.486. The van der Waals surface area contributed by atoms with Crippen LogP contribution in [0.3, 0.4) is 0 Å². The molecule has 0 saturated carbocycles. The van der Waals surface area contributed by atoms with Crippen LogP contribution in [-0.4, -0.2) is 0 Å². The van der Waals surface area contributed by atoms with E-state index in [-0.39, 0.29) is 0 Å². The van der Waals surface area contributed by atoms with E-state index in [0.29, 0.717) is 0 Å². The average molecular weight is 292 g/mol. The van der Waals surface area contributed by atoms with E-state index in [9.17, 15) is 0 Å². The largest absolute Gasteiger partial charge is 0.0830 e. The first kappa shape index (κ1) is 10.1. The smallest absolute Gasteiger partial charge is 0.0563 e. The molecular weight excluding hydrogens is 284 g/mol. The van der Waals surface area contributed by atoms with Crippen molar-refractivity contribution < 1.29 is 0 Å². The predicted molar refractivity (Wildman–Crippen MR) is 74.2 cm³/mol. The Morgan fingerprint density at radius 2 is 1.56 bits per heavy atom. The third-order valence-electron chi connectivity index (χ3n) is 2.79. The molecule has 3 aromatic carbocycles. The van der Waals surface area contributed by atoms with Crippen LogP contribution in [0.2, 0.25) is 5.02 Å². The minimum atomic E-state index is 0.828. The molecule has 0 heterocycles. The standard InChI is InChI=1S/C14H8BrCl/c15-13-7-3-6-11-12(13)8-9-4-1-2-5-10(9)14(11)16/h1-8H. The van der Waals surface area contributed by atoms with E-state index in [4.69, 9.17) is 11.6 Å². The molecule has 0 amide bonds. The maximum atomic E-state index is 6.43. The van der Waals surface area contributed by atoms with E-state index in [1.165, 1.54) is 5.39 Å². The lowest BCUT2D eigenvalue weighted by Crippen LogP contribution is -1.80. The van der Waals surface area contributed by atoms with Crippen molar-refractivity contribution in [3.63, 3.8) is 0 Å². The molecule has 0 aliphatic carbocycles. The van der Waals surface area contributed by atoms with E-state index in [0.717, 1.165) is 25.7 Å². The van der Waals surface area contributed by atoms with Crippen molar-refractivity contribution in [2.75, 3.05) is 0 Å². The molecule has 0 saturated heterocycles. The summed E-state index contributed by atoms with van der Waals surface area (Å²) in [6.07, 6.45) is 0. The molecule has 0 N–H and O–H groups in total. The zero-order valence-electron chi connectivity index (χ0n) is 8.37. The van der Waals surface area contributed by atoms with Crippen LogP contribution in [0.15, 0.2) is 53.0 Å². The highest BCUT2D eigenvalue weighted by Crippen LogP contribution is 2.35. The molecule has 0 atom stereocenters. The molecule has 0 spiro atoms. The van der Waals surface area contributed by atoms with Gasteiger partial charge in [-0.25, -0.2) is 0 Å². The van der Waals surface area contributed by atoms with E-state index in [2.05, 4.69) is 40.2 Å². The van der Waals surface area contributed by atoms with Crippen molar-refractivity contribution in [1.29, 1.82) is 0 Å². The van der Waals surface area contributed by atoms with Gasteiger partial charge >= 0.3 is 0 Å². The number of hydrogen-bond acceptors (Lipinski definition) is 0. The predicted octanol–water partition coefficient (Wildman–Crippen LogP) is 5.41. The lowest BCUT2D eigenvalue weighted by atomic mass is 10.0. The summed E-state index contributed by atoms with van der Waals surface area (Å²) in [4.78, 5) is 0. The van der Waals surface area contributed by atoms with Gasteiger partial charge in [0.25, 0.3) is 0 Å². The number of halogens is 2. The summed E-state index contributed by atoms with van der Waals surface area (Å²) in [5, 5.41) is 5.36.